The summed E-state index contributed by atoms with van der Waals surface area (Å²) < 4.78 is 6.19. The number of aromatic carboxylic acids is 1. The van der Waals surface area contributed by atoms with Crippen molar-refractivity contribution in [3.63, 3.8) is 0 Å². The average molecular weight is 442 g/mol. The lowest BCUT2D eigenvalue weighted by molar-refractivity contribution is 0.0698. The van der Waals surface area contributed by atoms with Crippen molar-refractivity contribution in [1.82, 2.24) is 9.97 Å². The van der Waals surface area contributed by atoms with Gasteiger partial charge in [0.05, 0.1) is 22.6 Å². The van der Waals surface area contributed by atoms with E-state index in [0.29, 0.717) is 33.6 Å². The molecule has 2 heterocycles. The Bertz CT molecular complexity index is 1430. The van der Waals surface area contributed by atoms with Crippen LogP contribution in [0.2, 0.25) is 0 Å². The minimum atomic E-state index is -1.03. The zero-order chi connectivity index (χ0) is 23.5. The van der Waals surface area contributed by atoms with Crippen LogP contribution in [0.25, 0.3) is 16.5 Å². The number of nitrogens with one attached hydrogen (secondary N) is 1. The van der Waals surface area contributed by atoms with Crippen molar-refractivity contribution in [2.75, 3.05) is 5.32 Å². The number of benzene rings is 2. The zero-order valence-electron chi connectivity index (χ0n) is 18.1. The molecule has 0 radical (unpaired) electrons. The number of aryl methyl sites for hydroxylation is 1. The summed E-state index contributed by atoms with van der Waals surface area (Å²) in [7, 11) is 0. The van der Waals surface area contributed by atoms with Gasteiger partial charge in [-0.15, -0.1) is 0 Å². The molecule has 0 aliphatic heterocycles. The van der Waals surface area contributed by atoms with Gasteiger partial charge in [-0.2, -0.15) is 0 Å². The largest absolute Gasteiger partial charge is 0.478 e. The monoisotopic (exact) mass is 442 g/mol. The number of para-hydroxylation sites is 1. The Morgan fingerprint density at radius 1 is 1.15 bits per heavy atom. The Morgan fingerprint density at radius 3 is 2.58 bits per heavy atom. The molecule has 33 heavy (non-hydrogen) atoms. The summed E-state index contributed by atoms with van der Waals surface area (Å²) in [4.78, 5) is 33.0. The zero-order valence-corrected chi connectivity index (χ0v) is 18.1. The molecule has 0 aliphatic rings. The van der Waals surface area contributed by atoms with E-state index in [0.717, 1.165) is 5.56 Å². The number of carboxylic acids is 1. The molecule has 0 saturated heterocycles. The van der Waals surface area contributed by atoms with Crippen LogP contribution in [0.5, 0.6) is 0 Å². The van der Waals surface area contributed by atoms with Crippen LogP contribution in [-0.2, 0) is 0 Å². The predicted molar refractivity (Wildman–Crippen MR) is 126 cm³/mol. The summed E-state index contributed by atoms with van der Waals surface area (Å²) >= 11 is 0. The van der Waals surface area contributed by atoms with Crippen LogP contribution in [0.3, 0.4) is 0 Å². The lowest BCUT2D eigenvalue weighted by Crippen LogP contribution is -2.13. The van der Waals surface area contributed by atoms with E-state index in [1.807, 2.05) is 19.9 Å². The Hall–Kier alpha value is -4.46. The third kappa shape index (κ3) is 4.31. The molecule has 1 unspecified atom stereocenters. The third-order valence-corrected chi connectivity index (χ3v) is 5.24. The first kappa shape index (κ1) is 21.8. The maximum Gasteiger partial charge on any atom is 0.337 e. The Morgan fingerprint density at radius 2 is 1.88 bits per heavy atom. The molecule has 1 atom stereocenters. The summed E-state index contributed by atoms with van der Waals surface area (Å²) in [6.07, 6.45) is 4.45. The van der Waals surface area contributed by atoms with E-state index in [2.05, 4.69) is 15.3 Å². The number of rotatable bonds is 6. The number of fused-ring (bicyclic) bond motifs is 1. The van der Waals surface area contributed by atoms with E-state index >= 15 is 0 Å². The molecular formula is C25H22N4O4. The van der Waals surface area contributed by atoms with E-state index in [-0.39, 0.29) is 22.8 Å². The summed E-state index contributed by atoms with van der Waals surface area (Å²) in [5.41, 5.74) is 8.56. The van der Waals surface area contributed by atoms with Gasteiger partial charge in [0.2, 0.25) is 0 Å². The van der Waals surface area contributed by atoms with Crippen LogP contribution < -0.4 is 16.5 Å². The second-order valence-corrected chi connectivity index (χ2v) is 7.58. The highest BCUT2D eigenvalue weighted by atomic mass is 16.4. The quantitative estimate of drug-likeness (QED) is 0.406. The van der Waals surface area contributed by atoms with Gasteiger partial charge in [-0.25, -0.2) is 14.8 Å². The maximum atomic E-state index is 13.0. The molecule has 0 spiro atoms. The topological polar surface area (TPSA) is 131 Å². The van der Waals surface area contributed by atoms with Gasteiger partial charge in [0.25, 0.3) is 0 Å². The fourth-order valence-corrected chi connectivity index (χ4v) is 3.70. The van der Waals surface area contributed by atoms with Crippen molar-refractivity contribution >= 4 is 28.2 Å². The lowest BCUT2D eigenvalue weighted by Gasteiger charge is -2.19. The Labute approximate surface area is 189 Å². The average Bonchev–Trinajstić information content (AvgIpc) is 2.80. The second-order valence-electron chi connectivity index (χ2n) is 7.58. The number of nitrogens with two attached hydrogens (primary N) is 1. The van der Waals surface area contributed by atoms with Gasteiger partial charge in [0.15, 0.2) is 11.3 Å². The van der Waals surface area contributed by atoms with Gasteiger partial charge in [-0.05, 0) is 43.7 Å². The molecular weight excluding hydrogens is 420 g/mol. The number of carboxylic acid groups (broad SMARTS) is 1. The molecule has 0 aliphatic carbocycles. The minimum absolute atomic E-state index is 0.151. The van der Waals surface area contributed by atoms with E-state index in [9.17, 15) is 14.7 Å². The summed E-state index contributed by atoms with van der Waals surface area (Å²) in [5, 5.41) is 13.2. The van der Waals surface area contributed by atoms with Gasteiger partial charge in [-0.3, -0.25) is 4.79 Å². The highest BCUT2D eigenvalue weighted by Gasteiger charge is 2.19. The Kier molecular flexibility index (Phi) is 5.91. The van der Waals surface area contributed by atoms with E-state index in [1.54, 1.807) is 42.7 Å². The standard InChI is InChI=1S/C25H22N4O4/c1-14-10-17(15(2)29-20-7-4-3-6-16(20)25(31)32)23-18(11-14)21(30)12-22(33-23)19(13-26)24-27-8-5-9-28-24/h3-13,15,29H,26H2,1-2H3,(H,31,32)/b19-13-. The highest BCUT2D eigenvalue weighted by molar-refractivity contribution is 5.94. The molecule has 0 saturated carbocycles. The van der Waals surface area contributed by atoms with Gasteiger partial charge < -0.3 is 20.6 Å². The summed E-state index contributed by atoms with van der Waals surface area (Å²) in [5.74, 6) is -0.462. The maximum absolute atomic E-state index is 13.0. The first-order valence-corrected chi connectivity index (χ1v) is 10.3. The van der Waals surface area contributed by atoms with Crippen molar-refractivity contribution in [3.8, 4) is 0 Å². The van der Waals surface area contributed by atoms with Gasteiger partial charge in [-0.1, -0.05) is 18.2 Å². The Balaban J connectivity index is 1.85. The van der Waals surface area contributed by atoms with Crippen LogP contribution >= 0.6 is 0 Å². The molecule has 2 aromatic carbocycles. The number of anilines is 1. The van der Waals surface area contributed by atoms with Crippen LogP contribution in [0.1, 0.15) is 46.0 Å². The second kappa shape index (κ2) is 8.96. The molecule has 0 fully saturated rings. The first-order valence-electron chi connectivity index (χ1n) is 10.3. The third-order valence-electron chi connectivity index (χ3n) is 5.24. The predicted octanol–water partition coefficient (Wildman–Crippen LogP) is 4.11. The fraction of sp³-hybridized carbons (Fsp3) is 0.120. The van der Waals surface area contributed by atoms with Crippen molar-refractivity contribution in [2.24, 2.45) is 5.73 Å². The van der Waals surface area contributed by atoms with Gasteiger partial charge in [0.1, 0.15) is 11.3 Å². The van der Waals surface area contributed by atoms with Crippen LogP contribution in [0, 0.1) is 6.92 Å². The summed E-state index contributed by atoms with van der Waals surface area (Å²) in [6, 6.07) is 13.0. The molecule has 8 heteroatoms. The lowest BCUT2D eigenvalue weighted by atomic mass is 10.00. The smallest absolute Gasteiger partial charge is 0.337 e. The minimum Gasteiger partial charge on any atom is -0.478 e. The fourth-order valence-electron chi connectivity index (χ4n) is 3.70. The molecule has 0 bridgehead atoms. The van der Waals surface area contributed by atoms with E-state index in [1.165, 1.54) is 18.3 Å². The number of hydrogen-bond acceptors (Lipinski definition) is 7. The van der Waals surface area contributed by atoms with Crippen molar-refractivity contribution in [2.45, 2.75) is 19.9 Å². The van der Waals surface area contributed by atoms with Gasteiger partial charge >= 0.3 is 5.97 Å². The molecule has 2 aromatic heterocycles. The number of aromatic nitrogens is 2. The molecule has 4 N–H and O–H groups in total. The molecule has 0 amide bonds. The molecule has 4 aromatic rings. The molecule has 8 nitrogen and oxygen atoms in total. The van der Waals surface area contributed by atoms with E-state index < -0.39 is 5.97 Å². The molecule has 166 valence electrons. The van der Waals surface area contributed by atoms with Crippen molar-refractivity contribution in [1.29, 1.82) is 0 Å². The first-order chi connectivity index (χ1) is 15.9. The van der Waals surface area contributed by atoms with Crippen LogP contribution in [0.4, 0.5) is 5.69 Å². The number of nitrogens with zero attached hydrogens (tertiary/aromatic N) is 2. The van der Waals surface area contributed by atoms with Crippen molar-refractivity contribution < 1.29 is 14.3 Å². The molecule has 4 rings (SSSR count). The SMILES string of the molecule is Cc1cc(C(C)Nc2ccccc2C(=O)O)c2oc(/C(=C/N)c3ncccn3)cc(=O)c2c1. The van der Waals surface area contributed by atoms with Crippen LogP contribution in [0.15, 0.2) is 76.3 Å². The van der Waals surface area contributed by atoms with Crippen molar-refractivity contribution in [3.05, 3.63) is 106 Å². The number of carbonyl (C=O) groups is 1. The van der Waals surface area contributed by atoms with Gasteiger partial charge in [0, 0.05) is 35.9 Å². The highest BCUT2D eigenvalue weighted by Crippen LogP contribution is 2.31. The van der Waals surface area contributed by atoms with Crippen LogP contribution in [-0.4, -0.2) is 21.0 Å². The normalized spacial score (nSPS) is 12.5. The van der Waals surface area contributed by atoms with E-state index in [4.69, 9.17) is 10.2 Å². The summed E-state index contributed by atoms with van der Waals surface area (Å²) in [6.45, 7) is 3.76. The number of hydrogen-bond donors (Lipinski definition) is 3.